The van der Waals surface area contributed by atoms with Gasteiger partial charge in [0.25, 0.3) is 0 Å². The van der Waals surface area contributed by atoms with E-state index in [9.17, 15) is 9.59 Å². The Kier molecular flexibility index (Phi) is 7.01. The quantitative estimate of drug-likeness (QED) is 0.680. The number of amides is 1. The van der Waals surface area contributed by atoms with Gasteiger partial charge in [-0.05, 0) is 49.6 Å². The summed E-state index contributed by atoms with van der Waals surface area (Å²) in [7, 11) is 0. The van der Waals surface area contributed by atoms with Gasteiger partial charge in [0.2, 0.25) is 5.91 Å². The highest BCUT2D eigenvalue weighted by molar-refractivity contribution is 5.90. The topological polar surface area (TPSA) is 75.6 Å². The van der Waals surface area contributed by atoms with Crippen molar-refractivity contribution >= 4 is 17.6 Å². The van der Waals surface area contributed by atoms with Crippen molar-refractivity contribution in [3.63, 3.8) is 0 Å². The number of aliphatic carboxylic acids is 1. The SMILES string of the molecule is Cc1ccc(CCC(=O)Nc2ccc(OCCCC(=O)O)cc2)cc1. The first kappa shape index (κ1) is 18.5. The molecule has 0 heterocycles. The number of hydrogen-bond donors (Lipinski definition) is 2. The summed E-state index contributed by atoms with van der Waals surface area (Å²) in [5.74, 6) is -0.203. The van der Waals surface area contributed by atoms with Crippen LogP contribution in [0.4, 0.5) is 5.69 Å². The number of aryl methyl sites for hydroxylation is 2. The molecule has 5 nitrogen and oxygen atoms in total. The molecule has 0 unspecified atom stereocenters. The van der Waals surface area contributed by atoms with Crippen LogP contribution in [-0.2, 0) is 16.0 Å². The summed E-state index contributed by atoms with van der Waals surface area (Å²) in [5.41, 5.74) is 3.07. The standard InChI is InChI=1S/C20H23NO4/c1-15-4-6-16(7-5-15)8-13-19(22)21-17-9-11-18(12-10-17)25-14-2-3-20(23)24/h4-7,9-12H,2-3,8,13-14H2,1H3,(H,21,22)(H,23,24). The van der Waals surface area contributed by atoms with Gasteiger partial charge in [-0.25, -0.2) is 0 Å². The lowest BCUT2D eigenvalue weighted by Gasteiger charge is -2.08. The number of rotatable bonds is 9. The van der Waals surface area contributed by atoms with Gasteiger partial charge >= 0.3 is 5.97 Å². The van der Waals surface area contributed by atoms with Crippen molar-refractivity contribution in [2.45, 2.75) is 32.6 Å². The molecule has 0 aliphatic heterocycles. The van der Waals surface area contributed by atoms with Gasteiger partial charge in [-0.1, -0.05) is 29.8 Å². The Balaban J connectivity index is 1.73. The van der Waals surface area contributed by atoms with Gasteiger partial charge in [0.05, 0.1) is 6.61 Å². The van der Waals surface area contributed by atoms with Crippen LogP contribution >= 0.6 is 0 Å². The molecule has 0 fully saturated rings. The molecule has 1 amide bonds. The maximum Gasteiger partial charge on any atom is 0.303 e. The molecular formula is C20H23NO4. The Bertz CT molecular complexity index is 693. The van der Waals surface area contributed by atoms with E-state index in [1.807, 2.05) is 31.2 Å². The normalized spacial score (nSPS) is 10.3. The molecular weight excluding hydrogens is 318 g/mol. The van der Waals surface area contributed by atoms with Crippen LogP contribution in [0.5, 0.6) is 5.75 Å². The summed E-state index contributed by atoms with van der Waals surface area (Å²) >= 11 is 0. The molecule has 2 aromatic carbocycles. The highest BCUT2D eigenvalue weighted by Crippen LogP contribution is 2.16. The van der Waals surface area contributed by atoms with Crippen molar-refractivity contribution in [2.75, 3.05) is 11.9 Å². The third-order valence-electron chi connectivity index (χ3n) is 3.70. The Morgan fingerprint density at radius 2 is 1.68 bits per heavy atom. The molecule has 0 saturated carbocycles. The van der Waals surface area contributed by atoms with Crippen LogP contribution in [0.25, 0.3) is 0 Å². The van der Waals surface area contributed by atoms with Crippen LogP contribution in [-0.4, -0.2) is 23.6 Å². The molecule has 132 valence electrons. The van der Waals surface area contributed by atoms with Crippen LogP contribution in [0.3, 0.4) is 0 Å². The maximum atomic E-state index is 12.0. The fourth-order valence-corrected chi connectivity index (χ4v) is 2.28. The van der Waals surface area contributed by atoms with Gasteiger partial charge < -0.3 is 15.2 Å². The van der Waals surface area contributed by atoms with E-state index in [1.165, 1.54) is 5.56 Å². The third-order valence-corrected chi connectivity index (χ3v) is 3.70. The number of carboxylic acid groups (broad SMARTS) is 1. The zero-order valence-corrected chi connectivity index (χ0v) is 14.3. The van der Waals surface area contributed by atoms with Gasteiger partial charge in [0, 0.05) is 18.5 Å². The summed E-state index contributed by atoms with van der Waals surface area (Å²) in [5, 5.41) is 11.4. The number of ether oxygens (including phenoxy) is 1. The van der Waals surface area contributed by atoms with E-state index in [4.69, 9.17) is 9.84 Å². The number of carbonyl (C=O) groups excluding carboxylic acids is 1. The van der Waals surface area contributed by atoms with Gasteiger partial charge in [0.15, 0.2) is 0 Å². The van der Waals surface area contributed by atoms with E-state index in [-0.39, 0.29) is 12.3 Å². The Hall–Kier alpha value is -2.82. The van der Waals surface area contributed by atoms with E-state index < -0.39 is 5.97 Å². The number of hydrogen-bond acceptors (Lipinski definition) is 3. The molecule has 5 heteroatoms. The number of anilines is 1. The fourth-order valence-electron chi connectivity index (χ4n) is 2.28. The number of carbonyl (C=O) groups is 2. The Labute approximate surface area is 147 Å². The van der Waals surface area contributed by atoms with Gasteiger partial charge in [0.1, 0.15) is 5.75 Å². The molecule has 0 bridgehead atoms. The lowest BCUT2D eigenvalue weighted by molar-refractivity contribution is -0.137. The minimum Gasteiger partial charge on any atom is -0.494 e. The number of benzene rings is 2. The first-order valence-corrected chi connectivity index (χ1v) is 8.33. The van der Waals surface area contributed by atoms with E-state index in [2.05, 4.69) is 5.32 Å². The Morgan fingerprint density at radius 1 is 1.00 bits per heavy atom. The van der Waals surface area contributed by atoms with E-state index in [1.54, 1.807) is 24.3 Å². The summed E-state index contributed by atoms with van der Waals surface area (Å²) < 4.78 is 5.46. The highest BCUT2D eigenvalue weighted by atomic mass is 16.5. The van der Waals surface area contributed by atoms with Gasteiger partial charge in [-0.2, -0.15) is 0 Å². The maximum absolute atomic E-state index is 12.0. The second kappa shape index (κ2) is 9.47. The van der Waals surface area contributed by atoms with E-state index in [0.717, 1.165) is 5.56 Å². The molecule has 0 aliphatic carbocycles. The fraction of sp³-hybridized carbons (Fsp3) is 0.300. The molecule has 2 aromatic rings. The first-order chi connectivity index (χ1) is 12.0. The van der Waals surface area contributed by atoms with Gasteiger partial charge in [-0.3, -0.25) is 9.59 Å². The molecule has 0 aromatic heterocycles. The van der Waals surface area contributed by atoms with Crippen molar-refractivity contribution in [1.29, 1.82) is 0 Å². The largest absolute Gasteiger partial charge is 0.494 e. The molecule has 2 rings (SSSR count). The van der Waals surface area contributed by atoms with Crippen LogP contribution in [0.15, 0.2) is 48.5 Å². The summed E-state index contributed by atoms with van der Waals surface area (Å²) in [6.07, 6.45) is 1.69. The molecule has 2 N–H and O–H groups in total. The van der Waals surface area contributed by atoms with Crippen LogP contribution in [0, 0.1) is 6.92 Å². The zero-order chi connectivity index (χ0) is 18.1. The summed E-state index contributed by atoms with van der Waals surface area (Å²) in [6.45, 7) is 2.39. The Morgan fingerprint density at radius 3 is 2.32 bits per heavy atom. The molecule has 0 atom stereocenters. The van der Waals surface area contributed by atoms with Crippen LogP contribution in [0.2, 0.25) is 0 Å². The minimum atomic E-state index is -0.827. The summed E-state index contributed by atoms with van der Waals surface area (Å²) in [6, 6.07) is 15.2. The average Bonchev–Trinajstić information content (AvgIpc) is 2.59. The molecule has 0 radical (unpaired) electrons. The molecule has 0 aliphatic rings. The van der Waals surface area contributed by atoms with Crippen LogP contribution < -0.4 is 10.1 Å². The highest BCUT2D eigenvalue weighted by Gasteiger charge is 2.04. The van der Waals surface area contributed by atoms with E-state index >= 15 is 0 Å². The minimum absolute atomic E-state index is 0.0318. The van der Waals surface area contributed by atoms with Crippen molar-refractivity contribution in [1.82, 2.24) is 0 Å². The average molecular weight is 341 g/mol. The lowest BCUT2D eigenvalue weighted by Crippen LogP contribution is -2.12. The molecule has 0 spiro atoms. The lowest BCUT2D eigenvalue weighted by atomic mass is 10.1. The van der Waals surface area contributed by atoms with Crippen molar-refractivity contribution in [2.24, 2.45) is 0 Å². The van der Waals surface area contributed by atoms with Gasteiger partial charge in [-0.15, -0.1) is 0 Å². The van der Waals surface area contributed by atoms with Crippen molar-refractivity contribution in [3.8, 4) is 5.75 Å². The number of nitrogens with one attached hydrogen (secondary N) is 1. The zero-order valence-electron chi connectivity index (χ0n) is 14.3. The predicted octanol–water partition coefficient (Wildman–Crippen LogP) is 3.81. The second-order valence-corrected chi connectivity index (χ2v) is 5.90. The molecule has 0 saturated heterocycles. The summed E-state index contributed by atoms with van der Waals surface area (Å²) in [4.78, 5) is 22.4. The van der Waals surface area contributed by atoms with E-state index in [0.29, 0.717) is 37.3 Å². The van der Waals surface area contributed by atoms with Crippen molar-refractivity contribution in [3.05, 3.63) is 59.7 Å². The first-order valence-electron chi connectivity index (χ1n) is 8.33. The number of carboxylic acids is 1. The monoisotopic (exact) mass is 341 g/mol. The van der Waals surface area contributed by atoms with Crippen molar-refractivity contribution < 1.29 is 19.4 Å². The molecule has 25 heavy (non-hydrogen) atoms. The smallest absolute Gasteiger partial charge is 0.303 e. The van der Waals surface area contributed by atoms with Crippen LogP contribution in [0.1, 0.15) is 30.4 Å². The second-order valence-electron chi connectivity index (χ2n) is 5.90. The predicted molar refractivity (Wildman–Crippen MR) is 96.9 cm³/mol. The third kappa shape index (κ3) is 7.08.